The standard InChI is InChI=1S/C28H29ClF2N6O3S/c1-15-34-35-27(41-15)36-13-28(14-36)21-8-7-19(40-2)10-22(21)37(26(28)39)12-16-3-5-18(6-4-16)33-25(38)20-9-17(29)11-32-23(20)24(30)31/h7-11,16,18,24H,3-6,12-14H2,1-2H3,(H,33,38). The number of aromatic nitrogens is 3. The molecule has 1 aliphatic carbocycles. The predicted octanol–water partition coefficient (Wildman–Crippen LogP) is 4.93. The van der Waals surface area contributed by atoms with Gasteiger partial charge in [0.2, 0.25) is 11.0 Å². The van der Waals surface area contributed by atoms with Crippen molar-refractivity contribution in [2.75, 3.05) is 36.5 Å². The first-order valence-electron chi connectivity index (χ1n) is 13.5. The number of carbonyl (C=O) groups excluding carboxylic acids is 2. The van der Waals surface area contributed by atoms with E-state index in [0.717, 1.165) is 40.4 Å². The van der Waals surface area contributed by atoms with Gasteiger partial charge in [-0.25, -0.2) is 8.78 Å². The van der Waals surface area contributed by atoms with Crippen LogP contribution in [0.4, 0.5) is 19.6 Å². The van der Waals surface area contributed by atoms with Crippen molar-refractivity contribution >= 4 is 45.6 Å². The predicted molar refractivity (Wildman–Crippen MR) is 151 cm³/mol. The van der Waals surface area contributed by atoms with Gasteiger partial charge in [-0.1, -0.05) is 29.0 Å². The molecule has 9 nitrogen and oxygen atoms in total. The van der Waals surface area contributed by atoms with Crippen molar-refractivity contribution in [3.63, 3.8) is 0 Å². The molecular weight excluding hydrogens is 574 g/mol. The van der Waals surface area contributed by atoms with Gasteiger partial charge >= 0.3 is 0 Å². The SMILES string of the molecule is COc1ccc2c(c1)N(CC1CCC(NC(=O)c3cc(Cl)cnc3C(F)F)CC1)C(=O)C21CN(c2nnc(C)s2)C1. The number of amides is 2. The number of aryl methyl sites for hydroxylation is 1. The van der Waals surface area contributed by atoms with Gasteiger partial charge in [-0.2, -0.15) is 0 Å². The quantitative estimate of drug-likeness (QED) is 0.409. The van der Waals surface area contributed by atoms with Crippen LogP contribution >= 0.6 is 22.9 Å². The Morgan fingerprint density at radius 3 is 2.63 bits per heavy atom. The highest BCUT2D eigenvalue weighted by Gasteiger charge is 2.59. The zero-order valence-electron chi connectivity index (χ0n) is 22.6. The van der Waals surface area contributed by atoms with Gasteiger partial charge in [-0.3, -0.25) is 14.6 Å². The molecule has 1 aromatic carbocycles. The Labute approximate surface area is 244 Å². The first kappa shape index (κ1) is 27.8. The van der Waals surface area contributed by atoms with E-state index >= 15 is 0 Å². The van der Waals surface area contributed by atoms with E-state index in [9.17, 15) is 18.4 Å². The number of nitrogens with one attached hydrogen (secondary N) is 1. The summed E-state index contributed by atoms with van der Waals surface area (Å²) in [5.41, 5.74) is 0.482. The second kappa shape index (κ2) is 10.8. The average Bonchev–Trinajstić information content (AvgIpc) is 3.46. The number of pyridine rings is 1. The van der Waals surface area contributed by atoms with Gasteiger partial charge in [-0.15, -0.1) is 10.2 Å². The summed E-state index contributed by atoms with van der Waals surface area (Å²) in [4.78, 5) is 34.5. The average molecular weight is 603 g/mol. The topological polar surface area (TPSA) is 101 Å². The van der Waals surface area contributed by atoms with E-state index in [1.165, 1.54) is 17.4 Å². The van der Waals surface area contributed by atoms with Gasteiger partial charge in [0.05, 0.1) is 23.4 Å². The molecule has 1 saturated heterocycles. The number of carbonyl (C=O) groups is 2. The van der Waals surface area contributed by atoms with Gasteiger partial charge < -0.3 is 19.9 Å². The number of nitrogens with zero attached hydrogens (tertiary/aromatic N) is 5. The maximum atomic E-state index is 14.0. The molecule has 1 spiro atoms. The van der Waals surface area contributed by atoms with E-state index in [1.54, 1.807) is 7.11 Å². The molecule has 6 rings (SSSR count). The molecule has 13 heteroatoms. The van der Waals surface area contributed by atoms with Gasteiger partial charge in [0.25, 0.3) is 12.3 Å². The van der Waals surface area contributed by atoms with E-state index in [4.69, 9.17) is 16.3 Å². The summed E-state index contributed by atoms with van der Waals surface area (Å²) in [6.45, 7) is 3.57. The van der Waals surface area contributed by atoms with Gasteiger partial charge in [0.15, 0.2) is 0 Å². The summed E-state index contributed by atoms with van der Waals surface area (Å²) in [7, 11) is 1.61. The first-order chi connectivity index (χ1) is 19.7. The number of hydrogen-bond acceptors (Lipinski definition) is 8. The smallest absolute Gasteiger partial charge is 0.281 e. The maximum absolute atomic E-state index is 14.0. The van der Waals surface area contributed by atoms with Crippen LogP contribution in [-0.4, -0.2) is 59.8 Å². The van der Waals surface area contributed by atoms with Crippen LogP contribution in [-0.2, 0) is 10.2 Å². The van der Waals surface area contributed by atoms with Crippen molar-refractivity contribution in [3.8, 4) is 5.75 Å². The number of rotatable bonds is 7. The number of methoxy groups -OCH3 is 1. The lowest BCUT2D eigenvalue weighted by Gasteiger charge is -2.46. The lowest BCUT2D eigenvalue weighted by molar-refractivity contribution is -0.124. The second-order valence-electron chi connectivity index (χ2n) is 10.9. The Morgan fingerprint density at radius 2 is 1.98 bits per heavy atom. The zero-order chi connectivity index (χ0) is 28.9. The van der Waals surface area contributed by atoms with Crippen molar-refractivity contribution in [1.82, 2.24) is 20.5 Å². The van der Waals surface area contributed by atoms with Gasteiger partial charge in [0.1, 0.15) is 21.9 Å². The van der Waals surface area contributed by atoms with E-state index in [0.29, 0.717) is 38.2 Å². The third kappa shape index (κ3) is 5.01. The van der Waals surface area contributed by atoms with Crippen LogP contribution in [0.25, 0.3) is 0 Å². The van der Waals surface area contributed by atoms with Crippen molar-refractivity contribution < 1.29 is 23.1 Å². The highest BCUT2D eigenvalue weighted by Crippen LogP contribution is 2.50. The van der Waals surface area contributed by atoms with E-state index in [2.05, 4.69) is 25.4 Å². The number of alkyl halides is 2. The van der Waals surface area contributed by atoms with Crippen LogP contribution in [0.1, 0.15) is 58.7 Å². The molecule has 0 atom stereocenters. The highest BCUT2D eigenvalue weighted by atomic mass is 35.5. The normalized spacial score (nSPS) is 21.3. The van der Waals surface area contributed by atoms with Crippen LogP contribution in [0.15, 0.2) is 30.5 Å². The first-order valence-corrected chi connectivity index (χ1v) is 14.7. The third-order valence-electron chi connectivity index (χ3n) is 8.33. The van der Waals surface area contributed by atoms with Gasteiger partial charge in [0, 0.05) is 37.9 Å². The molecule has 4 heterocycles. The zero-order valence-corrected chi connectivity index (χ0v) is 24.1. The molecule has 1 saturated carbocycles. The molecule has 3 aliphatic rings. The summed E-state index contributed by atoms with van der Waals surface area (Å²) in [5, 5.41) is 13.1. The summed E-state index contributed by atoms with van der Waals surface area (Å²) in [6, 6.07) is 6.90. The highest BCUT2D eigenvalue weighted by molar-refractivity contribution is 7.15. The van der Waals surface area contributed by atoms with E-state index in [-0.39, 0.29) is 28.5 Å². The number of anilines is 2. The fourth-order valence-corrected chi connectivity index (χ4v) is 7.05. The van der Waals surface area contributed by atoms with E-state index in [1.807, 2.05) is 30.0 Å². The van der Waals surface area contributed by atoms with Crippen LogP contribution in [0, 0.1) is 12.8 Å². The van der Waals surface area contributed by atoms with E-state index < -0.39 is 23.4 Å². The fourth-order valence-electron chi connectivity index (χ4n) is 6.21. The Bertz CT molecular complexity index is 1490. The van der Waals surface area contributed by atoms with Crippen molar-refractivity contribution in [1.29, 1.82) is 0 Å². The molecule has 216 valence electrons. The summed E-state index contributed by atoms with van der Waals surface area (Å²) in [6.07, 6.45) is 1.16. The Morgan fingerprint density at radius 1 is 1.22 bits per heavy atom. The Balaban J connectivity index is 1.12. The number of fused-ring (bicyclic) bond motifs is 2. The lowest BCUT2D eigenvalue weighted by Crippen LogP contribution is -2.64. The fraction of sp³-hybridized carbons (Fsp3) is 0.464. The molecule has 3 aromatic rings. The Hall–Kier alpha value is -3.38. The van der Waals surface area contributed by atoms with Crippen LogP contribution in [0.3, 0.4) is 0 Å². The summed E-state index contributed by atoms with van der Waals surface area (Å²) < 4.78 is 32.3. The molecular formula is C28H29ClF2N6O3S. The van der Waals surface area contributed by atoms with Crippen molar-refractivity contribution in [3.05, 3.63) is 57.3 Å². The molecule has 1 N–H and O–H groups in total. The molecule has 41 heavy (non-hydrogen) atoms. The minimum absolute atomic E-state index is 0.0849. The monoisotopic (exact) mass is 602 g/mol. The minimum Gasteiger partial charge on any atom is -0.497 e. The second-order valence-corrected chi connectivity index (χ2v) is 12.5. The van der Waals surface area contributed by atoms with Crippen LogP contribution < -0.4 is 19.9 Å². The summed E-state index contributed by atoms with van der Waals surface area (Å²) in [5.74, 6) is 0.408. The molecule has 0 unspecified atom stereocenters. The number of hydrogen-bond donors (Lipinski definition) is 1. The summed E-state index contributed by atoms with van der Waals surface area (Å²) >= 11 is 7.43. The molecule has 2 aromatic heterocycles. The van der Waals surface area contributed by atoms with Crippen molar-refractivity contribution in [2.24, 2.45) is 5.92 Å². The number of benzene rings is 1. The lowest BCUT2D eigenvalue weighted by atomic mass is 9.75. The maximum Gasteiger partial charge on any atom is 0.281 e. The van der Waals surface area contributed by atoms with Crippen LogP contribution in [0.5, 0.6) is 5.75 Å². The molecule has 2 aliphatic heterocycles. The third-order valence-corrected chi connectivity index (χ3v) is 9.44. The molecule has 2 amide bonds. The van der Waals surface area contributed by atoms with Crippen LogP contribution in [0.2, 0.25) is 5.02 Å². The molecule has 2 fully saturated rings. The molecule has 0 radical (unpaired) electrons. The Kier molecular flexibility index (Phi) is 7.31. The number of halogens is 3. The van der Waals surface area contributed by atoms with Crippen molar-refractivity contribution in [2.45, 2.75) is 50.5 Å². The molecule has 0 bridgehead atoms. The minimum atomic E-state index is -2.88. The largest absolute Gasteiger partial charge is 0.497 e. The van der Waals surface area contributed by atoms with Gasteiger partial charge in [-0.05, 0) is 56.2 Å². The number of ether oxygens (including phenoxy) is 1.